The third kappa shape index (κ3) is 4.18. The van der Waals surface area contributed by atoms with Gasteiger partial charge < -0.3 is 4.90 Å². The summed E-state index contributed by atoms with van der Waals surface area (Å²) >= 11 is 4.88. The molecule has 1 saturated heterocycles. The summed E-state index contributed by atoms with van der Waals surface area (Å²) in [4.78, 5) is 11.5. The summed E-state index contributed by atoms with van der Waals surface area (Å²) in [5, 5.41) is 2.69. The molecule has 1 aromatic carbocycles. The number of sulfone groups is 1. The van der Waals surface area contributed by atoms with Gasteiger partial charge in [-0.25, -0.2) is 18.4 Å². The van der Waals surface area contributed by atoms with Crippen molar-refractivity contribution in [1.29, 1.82) is 0 Å². The minimum Gasteiger partial charge on any atom is -0.348 e. The van der Waals surface area contributed by atoms with Crippen LogP contribution in [0.15, 0.2) is 45.3 Å². The average Bonchev–Trinajstić information content (AvgIpc) is 3.17. The fourth-order valence-corrected chi connectivity index (χ4v) is 6.97. The highest BCUT2D eigenvalue weighted by Gasteiger charge is 2.32. The number of hydrogen-bond acceptors (Lipinski definition) is 6. The molecule has 0 N–H and O–H groups in total. The average molecular weight is 506 g/mol. The van der Waals surface area contributed by atoms with E-state index in [4.69, 9.17) is 4.98 Å². The SMILES string of the molecule is Cc1cc(C)c(-c2csc(N3CCC(S(=O)(=O)c4ccc(Br)nc4)CC3)n2)c(C)c1. The highest BCUT2D eigenvalue weighted by molar-refractivity contribution is 9.10. The van der Waals surface area contributed by atoms with E-state index in [-0.39, 0.29) is 5.25 Å². The molecule has 3 heterocycles. The van der Waals surface area contributed by atoms with Gasteiger partial charge in [0.05, 0.1) is 15.8 Å². The lowest BCUT2D eigenvalue weighted by Gasteiger charge is -2.31. The lowest BCUT2D eigenvalue weighted by atomic mass is 9.98. The third-order valence-electron chi connectivity index (χ3n) is 5.61. The molecule has 0 aliphatic carbocycles. The minimum absolute atomic E-state index is 0.297. The van der Waals surface area contributed by atoms with Crippen molar-refractivity contribution in [3.8, 4) is 11.3 Å². The Kier molecular flexibility index (Phi) is 6.01. The number of aromatic nitrogens is 2. The number of thiazole rings is 1. The number of halogens is 1. The Morgan fingerprint density at radius 2 is 1.77 bits per heavy atom. The summed E-state index contributed by atoms with van der Waals surface area (Å²) in [5.74, 6) is 0. The molecular formula is C22H24BrN3O2S2. The number of hydrogen-bond donors (Lipinski definition) is 0. The van der Waals surface area contributed by atoms with Gasteiger partial charge >= 0.3 is 0 Å². The summed E-state index contributed by atoms with van der Waals surface area (Å²) in [7, 11) is -3.36. The quantitative estimate of drug-likeness (QED) is 0.448. The molecule has 5 nitrogen and oxygen atoms in total. The fourth-order valence-electron chi connectivity index (χ4n) is 4.19. The Labute approximate surface area is 190 Å². The van der Waals surface area contributed by atoms with E-state index in [2.05, 4.69) is 64.1 Å². The first-order valence-corrected chi connectivity index (χ1v) is 13.1. The summed E-state index contributed by atoms with van der Waals surface area (Å²) in [6, 6.07) is 7.68. The molecule has 3 aromatic rings. The highest BCUT2D eigenvalue weighted by Crippen LogP contribution is 2.34. The maximum absolute atomic E-state index is 12.9. The maximum Gasteiger partial charge on any atom is 0.185 e. The van der Waals surface area contributed by atoms with Crippen molar-refractivity contribution in [3.63, 3.8) is 0 Å². The van der Waals surface area contributed by atoms with Crippen molar-refractivity contribution in [2.75, 3.05) is 18.0 Å². The zero-order chi connectivity index (χ0) is 21.5. The van der Waals surface area contributed by atoms with Crippen LogP contribution in [0.25, 0.3) is 11.3 Å². The molecule has 0 atom stereocenters. The number of benzene rings is 1. The Hall–Kier alpha value is -1.77. The van der Waals surface area contributed by atoms with Crippen molar-refractivity contribution in [3.05, 3.63) is 57.1 Å². The Morgan fingerprint density at radius 1 is 1.10 bits per heavy atom. The molecule has 1 aliphatic rings. The van der Waals surface area contributed by atoms with E-state index >= 15 is 0 Å². The molecule has 1 aliphatic heterocycles. The molecule has 0 unspecified atom stereocenters. The van der Waals surface area contributed by atoms with Gasteiger partial charge in [-0.2, -0.15) is 0 Å². The lowest BCUT2D eigenvalue weighted by Crippen LogP contribution is -2.39. The van der Waals surface area contributed by atoms with Crippen LogP contribution in [0.5, 0.6) is 0 Å². The molecule has 8 heteroatoms. The second-order valence-electron chi connectivity index (χ2n) is 7.84. The first-order chi connectivity index (χ1) is 14.3. The number of nitrogens with zero attached hydrogens (tertiary/aromatic N) is 3. The number of rotatable bonds is 4. The first kappa shape index (κ1) is 21.5. The van der Waals surface area contributed by atoms with Gasteiger partial charge in [-0.3, -0.25) is 0 Å². The second kappa shape index (κ2) is 8.40. The van der Waals surface area contributed by atoms with E-state index in [9.17, 15) is 8.42 Å². The zero-order valence-electron chi connectivity index (χ0n) is 17.2. The molecule has 2 aromatic heterocycles. The summed E-state index contributed by atoms with van der Waals surface area (Å²) < 4.78 is 26.5. The Morgan fingerprint density at radius 3 is 2.37 bits per heavy atom. The van der Waals surface area contributed by atoms with Gasteiger partial charge in [0.2, 0.25) is 0 Å². The molecule has 1 fully saturated rings. The molecular weight excluding hydrogens is 482 g/mol. The smallest absolute Gasteiger partial charge is 0.185 e. The number of anilines is 1. The summed E-state index contributed by atoms with van der Waals surface area (Å²) in [6.45, 7) is 7.74. The first-order valence-electron chi connectivity index (χ1n) is 9.90. The number of pyridine rings is 1. The molecule has 158 valence electrons. The van der Waals surface area contributed by atoms with Crippen LogP contribution in [0.4, 0.5) is 5.13 Å². The molecule has 30 heavy (non-hydrogen) atoms. The molecule has 0 radical (unpaired) electrons. The van der Waals surface area contributed by atoms with Crippen LogP contribution in [-0.2, 0) is 9.84 Å². The van der Waals surface area contributed by atoms with Crippen molar-refractivity contribution < 1.29 is 8.42 Å². The molecule has 0 bridgehead atoms. The van der Waals surface area contributed by atoms with E-state index in [1.807, 2.05) is 0 Å². The van der Waals surface area contributed by atoms with Crippen LogP contribution >= 0.6 is 27.3 Å². The highest BCUT2D eigenvalue weighted by atomic mass is 79.9. The summed E-state index contributed by atoms with van der Waals surface area (Å²) in [6.07, 6.45) is 2.62. The van der Waals surface area contributed by atoms with Crippen molar-refractivity contribution in [2.45, 2.75) is 43.8 Å². The van der Waals surface area contributed by atoms with Crippen molar-refractivity contribution in [1.82, 2.24) is 9.97 Å². The van der Waals surface area contributed by atoms with Crippen LogP contribution in [0.1, 0.15) is 29.5 Å². The monoisotopic (exact) mass is 505 g/mol. The van der Waals surface area contributed by atoms with Crippen molar-refractivity contribution >= 4 is 42.2 Å². The number of aryl methyl sites for hydroxylation is 3. The summed E-state index contributed by atoms with van der Waals surface area (Å²) in [5.41, 5.74) is 5.92. The van der Waals surface area contributed by atoms with Gasteiger partial charge in [-0.15, -0.1) is 11.3 Å². The van der Waals surface area contributed by atoms with Gasteiger partial charge in [0.25, 0.3) is 0 Å². The predicted octanol–water partition coefficient (Wildman–Crippen LogP) is 5.34. The number of piperidine rings is 1. The van der Waals surface area contributed by atoms with Crippen LogP contribution in [0.2, 0.25) is 0 Å². The fraction of sp³-hybridized carbons (Fsp3) is 0.364. The predicted molar refractivity (Wildman–Crippen MR) is 126 cm³/mol. The normalized spacial score (nSPS) is 15.5. The van der Waals surface area contributed by atoms with Crippen molar-refractivity contribution in [2.24, 2.45) is 0 Å². The van der Waals surface area contributed by atoms with E-state index in [0.29, 0.717) is 35.4 Å². The van der Waals surface area contributed by atoms with E-state index in [0.717, 1.165) is 10.8 Å². The van der Waals surface area contributed by atoms with Gasteiger partial charge in [0, 0.05) is 30.2 Å². The van der Waals surface area contributed by atoms with Gasteiger partial charge in [-0.1, -0.05) is 17.7 Å². The largest absolute Gasteiger partial charge is 0.348 e. The van der Waals surface area contributed by atoms with Gasteiger partial charge in [0.15, 0.2) is 15.0 Å². The molecule has 0 saturated carbocycles. The van der Waals surface area contributed by atoms with Crippen LogP contribution in [0.3, 0.4) is 0 Å². The Bertz CT molecular complexity index is 1140. The maximum atomic E-state index is 12.9. The van der Waals surface area contributed by atoms with Crippen LogP contribution < -0.4 is 4.90 Å². The van der Waals surface area contributed by atoms with E-state index in [1.54, 1.807) is 23.5 Å². The third-order valence-corrected chi connectivity index (χ3v) is 9.22. The van der Waals surface area contributed by atoms with Crippen LogP contribution in [0, 0.1) is 20.8 Å². The van der Waals surface area contributed by atoms with Crippen LogP contribution in [-0.4, -0.2) is 36.7 Å². The van der Waals surface area contributed by atoms with Gasteiger partial charge in [-0.05, 0) is 72.8 Å². The molecule has 0 amide bonds. The Balaban J connectivity index is 1.49. The lowest BCUT2D eigenvalue weighted by molar-refractivity contribution is 0.529. The van der Waals surface area contributed by atoms with E-state index in [1.165, 1.54) is 28.5 Å². The topological polar surface area (TPSA) is 63.2 Å². The standard InChI is InChI=1S/C22H24BrN3O2S2/c1-14-10-15(2)21(16(3)11-14)19-13-29-22(25-19)26-8-6-17(7-9-26)30(27,28)18-4-5-20(23)24-12-18/h4-5,10-13,17H,6-9H2,1-3H3. The van der Waals surface area contributed by atoms with Gasteiger partial charge in [0.1, 0.15) is 4.60 Å². The molecule has 0 spiro atoms. The zero-order valence-corrected chi connectivity index (χ0v) is 20.4. The van der Waals surface area contributed by atoms with E-state index < -0.39 is 9.84 Å². The molecule has 4 rings (SSSR count). The second-order valence-corrected chi connectivity index (χ2v) is 11.7. The minimum atomic E-state index is -3.36.